The summed E-state index contributed by atoms with van der Waals surface area (Å²) in [4.78, 5) is 10.9. The van der Waals surface area contributed by atoms with Crippen LogP contribution in [0, 0.1) is 0 Å². The van der Waals surface area contributed by atoms with Gasteiger partial charge in [0.1, 0.15) is 0 Å². The van der Waals surface area contributed by atoms with Crippen molar-refractivity contribution in [2.75, 3.05) is 7.11 Å². The summed E-state index contributed by atoms with van der Waals surface area (Å²) in [5, 5.41) is 10.3. The summed E-state index contributed by atoms with van der Waals surface area (Å²) < 4.78 is 4.44. The number of benzene rings is 1. The zero-order chi connectivity index (χ0) is 11.4. The van der Waals surface area contributed by atoms with Crippen LogP contribution in [0.15, 0.2) is 18.2 Å². The van der Waals surface area contributed by atoms with E-state index in [1.807, 2.05) is 0 Å². The molecule has 0 fully saturated rings. The first-order chi connectivity index (χ1) is 7.06. The zero-order valence-electron chi connectivity index (χ0n) is 8.04. The van der Waals surface area contributed by atoms with Crippen LogP contribution in [0.4, 0.5) is 0 Å². The van der Waals surface area contributed by atoms with Gasteiger partial charge < -0.3 is 9.84 Å². The van der Waals surface area contributed by atoms with Gasteiger partial charge in [-0.25, -0.2) is 0 Å². The van der Waals surface area contributed by atoms with E-state index in [1.54, 1.807) is 18.2 Å². The van der Waals surface area contributed by atoms with Crippen LogP contribution in [-0.2, 0) is 9.53 Å². The molecule has 0 amide bonds. The van der Waals surface area contributed by atoms with E-state index in [9.17, 15) is 9.90 Å². The van der Waals surface area contributed by atoms with Gasteiger partial charge >= 0.3 is 5.97 Å². The van der Waals surface area contributed by atoms with Crippen molar-refractivity contribution in [3.8, 4) is 0 Å². The maximum absolute atomic E-state index is 10.9. The van der Waals surface area contributed by atoms with Gasteiger partial charge in [0.25, 0.3) is 0 Å². The smallest absolute Gasteiger partial charge is 0.308 e. The highest BCUT2D eigenvalue weighted by Gasteiger charge is 2.17. The second kappa shape index (κ2) is 5.35. The van der Waals surface area contributed by atoms with Gasteiger partial charge in [0, 0.05) is 5.56 Å². The first-order valence-corrected chi connectivity index (χ1v) is 5.00. The van der Waals surface area contributed by atoms with Gasteiger partial charge in [-0.1, -0.05) is 35.3 Å². The minimum Gasteiger partial charge on any atom is -0.469 e. The van der Waals surface area contributed by atoms with Gasteiger partial charge in [0.05, 0.1) is 29.7 Å². The minimum atomic E-state index is -0.997. The van der Waals surface area contributed by atoms with Crippen LogP contribution >= 0.6 is 23.2 Å². The molecule has 0 saturated carbocycles. The third-order valence-electron chi connectivity index (χ3n) is 1.93. The number of aliphatic hydroxyl groups is 1. The topological polar surface area (TPSA) is 46.5 Å². The fourth-order valence-corrected chi connectivity index (χ4v) is 1.56. The number of hydrogen-bond donors (Lipinski definition) is 1. The summed E-state index contributed by atoms with van der Waals surface area (Å²) in [5.41, 5.74) is 0.426. The molecule has 1 aromatic carbocycles. The van der Waals surface area contributed by atoms with E-state index in [4.69, 9.17) is 23.2 Å². The summed E-state index contributed by atoms with van der Waals surface area (Å²) in [5.74, 6) is -0.501. The summed E-state index contributed by atoms with van der Waals surface area (Å²) in [6.07, 6.45) is -1.14. The monoisotopic (exact) mass is 248 g/mol. The normalized spacial score (nSPS) is 12.3. The van der Waals surface area contributed by atoms with Crippen molar-refractivity contribution in [3.05, 3.63) is 33.8 Å². The molecule has 1 aromatic rings. The Morgan fingerprint density at radius 3 is 2.80 bits per heavy atom. The average Bonchev–Trinajstić information content (AvgIpc) is 2.21. The van der Waals surface area contributed by atoms with Gasteiger partial charge in [-0.15, -0.1) is 0 Å². The molecule has 82 valence electrons. The van der Waals surface area contributed by atoms with Gasteiger partial charge in [0.15, 0.2) is 0 Å². The number of hydrogen-bond acceptors (Lipinski definition) is 3. The molecule has 1 atom stereocenters. The Kier molecular flexibility index (Phi) is 4.39. The second-order valence-corrected chi connectivity index (χ2v) is 3.72. The molecule has 0 aliphatic carbocycles. The molecule has 3 nitrogen and oxygen atoms in total. The molecule has 0 aromatic heterocycles. The molecule has 5 heteroatoms. The highest BCUT2D eigenvalue weighted by molar-refractivity contribution is 6.42. The Hall–Kier alpha value is -0.770. The van der Waals surface area contributed by atoms with Crippen LogP contribution in [0.2, 0.25) is 10.0 Å². The fraction of sp³-hybridized carbons (Fsp3) is 0.300. The molecule has 0 aliphatic rings. The molecule has 0 bridgehead atoms. The van der Waals surface area contributed by atoms with Gasteiger partial charge in [-0.2, -0.15) is 0 Å². The molecule has 1 N–H and O–H groups in total. The molecular weight excluding hydrogens is 239 g/mol. The predicted octanol–water partition coefficient (Wildman–Crippen LogP) is 2.59. The van der Waals surface area contributed by atoms with E-state index in [2.05, 4.69) is 4.74 Å². The van der Waals surface area contributed by atoms with E-state index in [0.29, 0.717) is 10.6 Å². The van der Waals surface area contributed by atoms with Crippen LogP contribution in [0.25, 0.3) is 0 Å². The molecule has 0 radical (unpaired) electrons. The lowest BCUT2D eigenvalue weighted by molar-refractivity contribution is -0.142. The van der Waals surface area contributed by atoms with Crippen molar-refractivity contribution in [1.29, 1.82) is 0 Å². The standard InChI is InChI=1S/C10H10Cl2O3/c1-15-9(14)5-8(13)6-3-2-4-7(11)10(6)12/h2-4,8,13H,5H2,1H3. The quantitative estimate of drug-likeness (QED) is 0.837. The number of methoxy groups -OCH3 is 1. The highest BCUT2D eigenvalue weighted by atomic mass is 35.5. The summed E-state index contributed by atoms with van der Waals surface area (Å²) in [7, 11) is 1.26. The van der Waals surface area contributed by atoms with Crippen molar-refractivity contribution in [1.82, 2.24) is 0 Å². The molecule has 0 heterocycles. The van der Waals surface area contributed by atoms with Crippen LogP contribution in [0.5, 0.6) is 0 Å². The third kappa shape index (κ3) is 3.09. The fourth-order valence-electron chi connectivity index (χ4n) is 1.13. The number of carbonyl (C=O) groups excluding carboxylic acids is 1. The summed E-state index contributed by atoms with van der Waals surface area (Å²) in [6.45, 7) is 0. The van der Waals surface area contributed by atoms with E-state index in [-0.39, 0.29) is 11.4 Å². The number of esters is 1. The Morgan fingerprint density at radius 1 is 1.53 bits per heavy atom. The SMILES string of the molecule is COC(=O)CC(O)c1cccc(Cl)c1Cl. The van der Waals surface area contributed by atoms with Crippen molar-refractivity contribution >= 4 is 29.2 Å². The molecule has 0 saturated heterocycles. The van der Waals surface area contributed by atoms with Crippen LogP contribution in [-0.4, -0.2) is 18.2 Å². The lowest BCUT2D eigenvalue weighted by Crippen LogP contribution is -2.08. The minimum absolute atomic E-state index is 0.142. The van der Waals surface area contributed by atoms with Crippen LogP contribution in [0.3, 0.4) is 0 Å². The molecule has 15 heavy (non-hydrogen) atoms. The largest absolute Gasteiger partial charge is 0.469 e. The van der Waals surface area contributed by atoms with Crippen molar-refractivity contribution < 1.29 is 14.6 Å². The molecule has 1 rings (SSSR count). The van der Waals surface area contributed by atoms with E-state index in [1.165, 1.54) is 7.11 Å². The number of aliphatic hydroxyl groups excluding tert-OH is 1. The lowest BCUT2D eigenvalue weighted by atomic mass is 10.1. The van der Waals surface area contributed by atoms with Crippen LogP contribution < -0.4 is 0 Å². The first kappa shape index (κ1) is 12.3. The average molecular weight is 249 g/mol. The van der Waals surface area contributed by atoms with E-state index in [0.717, 1.165) is 0 Å². The number of ether oxygens (including phenoxy) is 1. The third-order valence-corrected chi connectivity index (χ3v) is 2.76. The van der Waals surface area contributed by atoms with E-state index >= 15 is 0 Å². The maximum atomic E-state index is 10.9. The molecule has 0 aliphatic heterocycles. The first-order valence-electron chi connectivity index (χ1n) is 4.25. The summed E-state index contributed by atoms with van der Waals surface area (Å²) in [6, 6.07) is 4.88. The van der Waals surface area contributed by atoms with Crippen molar-refractivity contribution in [3.63, 3.8) is 0 Å². The van der Waals surface area contributed by atoms with Crippen molar-refractivity contribution in [2.24, 2.45) is 0 Å². The van der Waals surface area contributed by atoms with Crippen LogP contribution in [0.1, 0.15) is 18.1 Å². The van der Waals surface area contributed by atoms with E-state index < -0.39 is 12.1 Å². The van der Waals surface area contributed by atoms with Gasteiger partial charge in [-0.3, -0.25) is 4.79 Å². The second-order valence-electron chi connectivity index (χ2n) is 2.94. The number of halogens is 2. The van der Waals surface area contributed by atoms with Gasteiger partial charge in [-0.05, 0) is 6.07 Å². The Balaban J connectivity index is 2.86. The zero-order valence-corrected chi connectivity index (χ0v) is 9.55. The molecule has 1 unspecified atom stereocenters. The molecule has 0 spiro atoms. The Bertz CT molecular complexity index is 366. The van der Waals surface area contributed by atoms with Crippen molar-refractivity contribution in [2.45, 2.75) is 12.5 Å². The Labute approximate surface area is 97.6 Å². The Morgan fingerprint density at radius 2 is 2.20 bits per heavy atom. The predicted molar refractivity (Wildman–Crippen MR) is 58.1 cm³/mol. The maximum Gasteiger partial charge on any atom is 0.308 e. The lowest BCUT2D eigenvalue weighted by Gasteiger charge is -2.11. The number of carbonyl (C=O) groups is 1. The number of rotatable bonds is 3. The molecular formula is C10H10Cl2O3. The summed E-state index contributed by atoms with van der Waals surface area (Å²) >= 11 is 11.6. The highest BCUT2D eigenvalue weighted by Crippen LogP contribution is 2.31. The van der Waals surface area contributed by atoms with Gasteiger partial charge in [0.2, 0.25) is 0 Å².